The van der Waals surface area contributed by atoms with Crippen molar-refractivity contribution in [3.63, 3.8) is 0 Å². The summed E-state index contributed by atoms with van der Waals surface area (Å²) in [7, 11) is 0. The molecule has 0 bridgehead atoms. The van der Waals surface area contributed by atoms with Gasteiger partial charge in [-0.05, 0) is 24.3 Å². The van der Waals surface area contributed by atoms with E-state index in [0.717, 1.165) is 11.8 Å². The fraction of sp³-hybridized carbons (Fsp3) is 0.0625. The molecule has 1 amide bonds. The van der Waals surface area contributed by atoms with Crippen LogP contribution in [0.3, 0.4) is 0 Å². The van der Waals surface area contributed by atoms with E-state index in [1.807, 2.05) is 42.5 Å². The van der Waals surface area contributed by atoms with Gasteiger partial charge in [-0.1, -0.05) is 42.1 Å². The normalized spacial score (nSPS) is 10.3. The van der Waals surface area contributed by atoms with Crippen LogP contribution in [0.4, 0.5) is 11.6 Å². The lowest BCUT2D eigenvalue weighted by atomic mass is 10.3. The Kier molecular flexibility index (Phi) is 5.56. The fourth-order valence-electron chi connectivity index (χ4n) is 2.06. The van der Waals surface area contributed by atoms with Gasteiger partial charge >= 0.3 is 0 Å². The van der Waals surface area contributed by atoms with Crippen molar-refractivity contribution < 1.29 is 9.53 Å². The first kappa shape index (κ1) is 17.6. The van der Waals surface area contributed by atoms with E-state index in [9.17, 15) is 4.79 Å². The van der Waals surface area contributed by atoms with Gasteiger partial charge in [-0.2, -0.15) is 0 Å². The Hall–Kier alpha value is -3.24. The van der Waals surface area contributed by atoms with Crippen molar-refractivity contribution in [2.45, 2.75) is 5.16 Å². The van der Waals surface area contributed by atoms with Crippen LogP contribution in [-0.4, -0.2) is 26.5 Å². The van der Waals surface area contributed by atoms with Gasteiger partial charge in [0.1, 0.15) is 5.75 Å². The Morgan fingerprint density at radius 2 is 1.85 bits per heavy atom. The number of rotatable bonds is 7. The smallest absolute Gasteiger partial charge is 0.258 e. The molecule has 6 N–H and O–H groups in total. The number of nitrogen functional groups attached to an aromatic ring is 2. The van der Waals surface area contributed by atoms with Crippen molar-refractivity contribution in [1.29, 1.82) is 0 Å². The first-order valence-electron chi connectivity index (χ1n) is 7.59. The molecule has 0 fully saturated rings. The van der Waals surface area contributed by atoms with Gasteiger partial charge in [-0.25, -0.2) is 10.5 Å². The number of aromatic nitrogens is 3. The molecule has 134 valence electrons. The minimum absolute atomic E-state index is 0.0968. The van der Waals surface area contributed by atoms with Gasteiger partial charge in [-0.15, -0.1) is 10.2 Å². The molecule has 10 heteroatoms. The highest BCUT2D eigenvalue weighted by Crippen LogP contribution is 2.29. The first-order chi connectivity index (χ1) is 12.7. The summed E-state index contributed by atoms with van der Waals surface area (Å²) >= 11 is 1.14. The topological polar surface area (TPSA) is 133 Å². The Labute approximate surface area is 153 Å². The molecule has 3 rings (SSSR count). The number of hydrogen-bond donors (Lipinski definition) is 4. The van der Waals surface area contributed by atoms with Crippen LogP contribution in [0.25, 0.3) is 0 Å². The third-order valence-electron chi connectivity index (χ3n) is 3.26. The zero-order valence-electron chi connectivity index (χ0n) is 13.6. The van der Waals surface area contributed by atoms with Crippen LogP contribution >= 0.6 is 11.8 Å². The molecule has 0 atom stereocenters. The molecule has 1 heterocycles. The number of anilines is 2. The minimum atomic E-state index is -0.232. The molecule has 0 spiro atoms. The minimum Gasteiger partial charge on any atom is -0.455 e. The predicted molar refractivity (Wildman–Crippen MR) is 100 cm³/mol. The average molecular weight is 371 g/mol. The number of nitrogens with zero attached hydrogens (tertiary/aromatic N) is 3. The van der Waals surface area contributed by atoms with Gasteiger partial charge in [-0.3, -0.25) is 10.2 Å². The quantitative estimate of drug-likeness (QED) is 0.281. The summed E-state index contributed by atoms with van der Waals surface area (Å²) in [6.45, 7) is 0. The van der Waals surface area contributed by atoms with Gasteiger partial charge in [0.25, 0.3) is 5.95 Å². The Bertz CT molecular complexity index is 885. The van der Waals surface area contributed by atoms with Crippen molar-refractivity contribution in [2.75, 3.05) is 22.3 Å². The maximum absolute atomic E-state index is 12.3. The molecule has 0 aliphatic rings. The zero-order chi connectivity index (χ0) is 18.4. The van der Waals surface area contributed by atoms with E-state index in [4.69, 9.17) is 16.4 Å². The molecular weight excluding hydrogens is 354 g/mol. The van der Waals surface area contributed by atoms with E-state index >= 15 is 0 Å². The van der Waals surface area contributed by atoms with Crippen LogP contribution in [0.1, 0.15) is 0 Å². The number of carbonyl (C=O) groups is 1. The Balaban J connectivity index is 1.63. The standard InChI is InChI=1S/C16H17N7O2S/c17-20-15-21-22-16(23(15)18)26-10-14(24)19-12-8-4-5-9-13(12)25-11-6-2-1-3-7-11/h1-9H,10,17-18H2,(H,19,24)(H,20,21). The van der Waals surface area contributed by atoms with Crippen LogP contribution in [0.5, 0.6) is 11.5 Å². The van der Waals surface area contributed by atoms with E-state index in [1.54, 1.807) is 12.1 Å². The van der Waals surface area contributed by atoms with Crippen LogP contribution < -0.4 is 27.2 Å². The molecule has 26 heavy (non-hydrogen) atoms. The molecule has 3 aromatic rings. The SMILES string of the molecule is NNc1nnc(SCC(=O)Nc2ccccc2Oc2ccccc2)n1N. The van der Waals surface area contributed by atoms with Crippen LogP contribution in [0.15, 0.2) is 59.8 Å². The highest BCUT2D eigenvalue weighted by molar-refractivity contribution is 7.99. The lowest BCUT2D eigenvalue weighted by molar-refractivity contribution is -0.113. The van der Waals surface area contributed by atoms with Crippen LogP contribution in [-0.2, 0) is 4.79 Å². The number of nitrogens with one attached hydrogen (secondary N) is 2. The van der Waals surface area contributed by atoms with Crippen LogP contribution in [0, 0.1) is 0 Å². The molecule has 0 aliphatic carbocycles. The van der Waals surface area contributed by atoms with Crippen molar-refractivity contribution in [1.82, 2.24) is 14.9 Å². The number of benzene rings is 2. The maximum Gasteiger partial charge on any atom is 0.258 e. The highest BCUT2D eigenvalue weighted by atomic mass is 32.2. The number of hydrogen-bond acceptors (Lipinski definition) is 8. The molecule has 1 aromatic heterocycles. The van der Waals surface area contributed by atoms with Gasteiger partial charge in [0.2, 0.25) is 11.1 Å². The van der Waals surface area contributed by atoms with Crippen LogP contribution in [0.2, 0.25) is 0 Å². The second-order valence-corrected chi connectivity index (χ2v) is 6.01. The predicted octanol–water partition coefficient (Wildman–Crippen LogP) is 1.80. The first-order valence-corrected chi connectivity index (χ1v) is 8.57. The number of ether oxygens (including phenoxy) is 1. The summed E-state index contributed by atoms with van der Waals surface area (Å²) in [5, 5.41) is 10.8. The van der Waals surface area contributed by atoms with E-state index in [-0.39, 0.29) is 17.6 Å². The largest absolute Gasteiger partial charge is 0.455 e. The number of amides is 1. The zero-order valence-corrected chi connectivity index (χ0v) is 14.4. The second-order valence-electron chi connectivity index (χ2n) is 5.07. The third-order valence-corrected chi connectivity index (χ3v) is 4.20. The van der Waals surface area contributed by atoms with Gasteiger partial charge < -0.3 is 15.9 Å². The summed E-state index contributed by atoms with van der Waals surface area (Å²) in [4.78, 5) is 12.3. The summed E-state index contributed by atoms with van der Waals surface area (Å²) in [6.07, 6.45) is 0. The van der Waals surface area contributed by atoms with Gasteiger partial charge in [0, 0.05) is 0 Å². The van der Waals surface area contributed by atoms with Gasteiger partial charge in [0.15, 0.2) is 5.75 Å². The summed E-state index contributed by atoms with van der Waals surface area (Å²) in [6, 6.07) is 16.5. The lowest BCUT2D eigenvalue weighted by Crippen LogP contribution is -2.19. The Morgan fingerprint density at radius 3 is 2.58 bits per heavy atom. The summed E-state index contributed by atoms with van der Waals surface area (Å²) in [5.41, 5.74) is 2.88. The molecule has 0 radical (unpaired) electrons. The molecule has 0 saturated carbocycles. The lowest BCUT2D eigenvalue weighted by Gasteiger charge is -2.12. The average Bonchev–Trinajstić information content (AvgIpc) is 3.02. The molecular formula is C16H17N7O2S. The third kappa shape index (κ3) is 4.23. The number of para-hydroxylation sites is 3. The van der Waals surface area contributed by atoms with Crippen molar-refractivity contribution in [2.24, 2.45) is 5.84 Å². The van der Waals surface area contributed by atoms with Gasteiger partial charge in [0.05, 0.1) is 11.4 Å². The van der Waals surface area contributed by atoms with E-state index in [1.165, 1.54) is 4.68 Å². The Morgan fingerprint density at radius 1 is 1.12 bits per heavy atom. The summed E-state index contributed by atoms with van der Waals surface area (Å²) in [5.74, 6) is 12.3. The van der Waals surface area contributed by atoms with Crippen molar-refractivity contribution in [3.05, 3.63) is 54.6 Å². The molecule has 9 nitrogen and oxygen atoms in total. The number of nitrogens with two attached hydrogens (primary N) is 2. The monoisotopic (exact) mass is 371 g/mol. The second kappa shape index (κ2) is 8.23. The van der Waals surface area contributed by atoms with Crippen molar-refractivity contribution in [3.8, 4) is 11.5 Å². The molecule has 2 aromatic carbocycles. The van der Waals surface area contributed by atoms with Crippen molar-refractivity contribution >= 4 is 29.3 Å². The number of thioether (sulfide) groups is 1. The fourth-order valence-corrected chi connectivity index (χ4v) is 2.72. The highest BCUT2D eigenvalue weighted by Gasteiger charge is 2.13. The molecule has 0 saturated heterocycles. The number of carbonyl (C=O) groups excluding carboxylic acids is 1. The maximum atomic E-state index is 12.3. The molecule has 0 unspecified atom stereocenters. The number of hydrazine groups is 1. The summed E-state index contributed by atoms with van der Waals surface area (Å²) < 4.78 is 6.99. The van der Waals surface area contributed by atoms with E-state index < -0.39 is 0 Å². The molecule has 0 aliphatic heterocycles. The van der Waals surface area contributed by atoms with E-state index in [0.29, 0.717) is 22.3 Å². The van der Waals surface area contributed by atoms with E-state index in [2.05, 4.69) is 20.9 Å².